The first kappa shape index (κ1) is 23.3. The first-order valence-electron chi connectivity index (χ1n) is 8.98. The summed E-state index contributed by atoms with van der Waals surface area (Å²) in [4.78, 5) is 11.0. The van der Waals surface area contributed by atoms with Gasteiger partial charge in [0.25, 0.3) is 0 Å². The van der Waals surface area contributed by atoms with Crippen molar-refractivity contribution in [3.63, 3.8) is 0 Å². The average Bonchev–Trinajstić information content (AvgIpc) is 2.78. The predicted molar refractivity (Wildman–Crippen MR) is 118 cm³/mol. The molecule has 4 N–H and O–H groups in total. The van der Waals surface area contributed by atoms with E-state index in [1.807, 2.05) is 6.07 Å². The van der Waals surface area contributed by atoms with Crippen LogP contribution in [0.5, 0.6) is 11.5 Å². The lowest BCUT2D eigenvalue weighted by Gasteiger charge is -2.14. The van der Waals surface area contributed by atoms with Crippen LogP contribution in [0.1, 0.15) is 5.56 Å². The van der Waals surface area contributed by atoms with Gasteiger partial charge < -0.3 is 21.1 Å². The summed E-state index contributed by atoms with van der Waals surface area (Å²) >= 11 is 0. The van der Waals surface area contributed by atoms with E-state index >= 15 is 0 Å². The number of sulfone groups is 1. The number of hydrogen-bond acceptors (Lipinski definition) is 7. The molecule has 0 heterocycles. The molecule has 0 atom stereocenters. The van der Waals surface area contributed by atoms with Crippen molar-refractivity contribution in [2.24, 2.45) is 0 Å². The maximum absolute atomic E-state index is 12.8. The van der Waals surface area contributed by atoms with Crippen molar-refractivity contribution in [1.82, 2.24) is 4.90 Å². The van der Waals surface area contributed by atoms with Crippen molar-refractivity contribution >= 4 is 27.6 Å². The number of anilines is 2. The van der Waals surface area contributed by atoms with Crippen LogP contribution in [0.25, 0.3) is 0 Å². The van der Waals surface area contributed by atoms with Gasteiger partial charge in [-0.1, -0.05) is 30.3 Å². The Kier molecular flexibility index (Phi) is 7.60. The lowest BCUT2D eigenvalue weighted by molar-refractivity contribution is -0.115. The summed E-state index contributed by atoms with van der Waals surface area (Å²) in [6.45, 7) is 0. The van der Waals surface area contributed by atoms with Gasteiger partial charge in [0.15, 0.2) is 5.75 Å². The highest BCUT2D eigenvalue weighted by molar-refractivity contribution is 7.91. The van der Waals surface area contributed by atoms with E-state index in [4.69, 9.17) is 16.2 Å². The molecule has 9 heteroatoms. The summed E-state index contributed by atoms with van der Waals surface area (Å²) in [6.07, 6.45) is 0.750. The predicted octanol–water partition coefficient (Wildman–Crippen LogP) is 3.05. The fraction of sp³-hybridized carbons (Fsp3) is 0.0909. The number of carbonyl (C=O) groups excluding carboxylic acids is 1. The Morgan fingerprint density at radius 1 is 0.935 bits per heavy atom. The third-order valence-corrected chi connectivity index (χ3v) is 5.70. The van der Waals surface area contributed by atoms with E-state index in [9.17, 15) is 18.5 Å². The Labute approximate surface area is 181 Å². The molecule has 3 rings (SSSR count). The van der Waals surface area contributed by atoms with Gasteiger partial charge in [-0.3, -0.25) is 4.79 Å². The minimum Gasteiger partial charge on any atom is -0.454 e. The summed E-state index contributed by atoms with van der Waals surface area (Å²) in [6, 6.07) is 19.1. The van der Waals surface area contributed by atoms with E-state index in [2.05, 4.69) is 0 Å². The zero-order valence-electron chi connectivity index (χ0n) is 17.0. The van der Waals surface area contributed by atoms with Gasteiger partial charge in [0.1, 0.15) is 11.8 Å². The summed E-state index contributed by atoms with van der Waals surface area (Å²) in [5.41, 5.74) is 12.3. The van der Waals surface area contributed by atoms with E-state index in [1.165, 1.54) is 29.2 Å². The molecule has 0 aliphatic heterocycles. The molecular formula is C22H22N4O4S. The van der Waals surface area contributed by atoms with Crippen molar-refractivity contribution in [3.8, 4) is 17.6 Å². The van der Waals surface area contributed by atoms with E-state index in [0.717, 1.165) is 6.41 Å². The monoisotopic (exact) mass is 438 g/mol. The summed E-state index contributed by atoms with van der Waals surface area (Å²) in [5.74, 6) is 0.331. The molecule has 0 fully saturated rings. The summed E-state index contributed by atoms with van der Waals surface area (Å²) < 4.78 is 31.3. The molecule has 0 bridgehead atoms. The van der Waals surface area contributed by atoms with E-state index < -0.39 is 9.84 Å². The number of para-hydroxylation sites is 1. The lowest BCUT2D eigenvalue weighted by atomic mass is 10.2. The Morgan fingerprint density at radius 2 is 1.52 bits per heavy atom. The maximum Gasteiger partial charge on any atom is 0.209 e. The highest BCUT2D eigenvalue weighted by Crippen LogP contribution is 2.37. The number of nitriles is 1. The van der Waals surface area contributed by atoms with Crippen molar-refractivity contribution in [3.05, 3.63) is 72.3 Å². The van der Waals surface area contributed by atoms with Crippen LogP contribution in [0.4, 0.5) is 11.4 Å². The standard InChI is InChI=1S/C19H15N3O3S.C3H7NO/c20-12-13-6-4-5-9-17(13)25-18-11-15(10-16(21)19(18)22)26(23,24)14-7-2-1-3-8-14;1-4(2)3-5/h1-11H,21-22H2;3H,1-2H3. The average molecular weight is 439 g/mol. The van der Waals surface area contributed by atoms with Gasteiger partial charge in [0, 0.05) is 20.2 Å². The molecule has 3 aromatic rings. The molecule has 0 saturated carbocycles. The first-order chi connectivity index (χ1) is 14.7. The van der Waals surface area contributed by atoms with Crippen LogP contribution in [0.2, 0.25) is 0 Å². The SMILES string of the molecule is CN(C)C=O.N#Cc1ccccc1Oc1cc(S(=O)(=O)c2ccccc2)cc(N)c1N. The zero-order valence-corrected chi connectivity index (χ0v) is 17.8. The summed E-state index contributed by atoms with van der Waals surface area (Å²) in [7, 11) is -0.414. The molecule has 0 aromatic heterocycles. The molecule has 0 aliphatic rings. The van der Waals surface area contributed by atoms with Crippen LogP contribution in [0.15, 0.2) is 76.5 Å². The highest BCUT2D eigenvalue weighted by atomic mass is 32.2. The fourth-order valence-electron chi connectivity index (χ4n) is 2.36. The Balaban J connectivity index is 0.000000614. The number of benzene rings is 3. The Morgan fingerprint density at radius 3 is 2.10 bits per heavy atom. The van der Waals surface area contributed by atoms with E-state index in [0.29, 0.717) is 5.56 Å². The summed E-state index contributed by atoms with van der Waals surface area (Å²) in [5, 5.41) is 9.17. The number of nitrogens with zero attached hydrogens (tertiary/aromatic N) is 2. The van der Waals surface area contributed by atoms with Crippen molar-refractivity contribution < 1.29 is 17.9 Å². The van der Waals surface area contributed by atoms with Gasteiger partial charge in [0.05, 0.1) is 26.7 Å². The molecule has 0 aliphatic carbocycles. The number of nitrogens with two attached hydrogens (primary N) is 2. The minimum atomic E-state index is -3.79. The molecule has 31 heavy (non-hydrogen) atoms. The van der Waals surface area contributed by atoms with Gasteiger partial charge in [-0.25, -0.2) is 8.42 Å². The zero-order chi connectivity index (χ0) is 23.0. The number of hydrogen-bond donors (Lipinski definition) is 2. The molecular weight excluding hydrogens is 416 g/mol. The fourth-order valence-corrected chi connectivity index (χ4v) is 3.70. The quantitative estimate of drug-likeness (QED) is 0.461. The molecule has 0 spiro atoms. The molecule has 0 radical (unpaired) electrons. The second kappa shape index (κ2) is 10.1. The van der Waals surface area contributed by atoms with E-state index in [1.54, 1.807) is 56.6 Å². The Bertz CT molecular complexity index is 1200. The third kappa shape index (κ3) is 5.74. The topological polar surface area (TPSA) is 140 Å². The number of rotatable bonds is 5. The molecule has 0 saturated heterocycles. The normalized spacial score (nSPS) is 10.2. The van der Waals surface area contributed by atoms with Crippen molar-refractivity contribution in [1.29, 1.82) is 5.26 Å². The van der Waals surface area contributed by atoms with Crippen molar-refractivity contribution in [2.45, 2.75) is 9.79 Å². The van der Waals surface area contributed by atoms with Crippen LogP contribution in [0, 0.1) is 11.3 Å². The minimum absolute atomic E-state index is 0.0418. The second-order valence-corrected chi connectivity index (χ2v) is 8.47. The maximum atomic E-state index is 12.8. The Hall–Kier alpha value is -4.03. The lowest BCUT2D eigenvalue weighted by Crippen LogP contribution is -2.06. The molecule has 1 amide bonds. The van der Waals surface area contributed by atoms with Crippen molar-refractivity contribution in [2.75, 3.05) is 25.6 Å². The van der Waals surface area contributed by atoms with Gasteiger partial charge in [-0.05, 0) is 30.3 Å². The molecule has 0 unspecified atom stereocenters. The van der Waals surface area contributed by atoms with Crippen LogP contribution < -0.4 is 16.2 Å². The van der Waals surface area contributed by atoms with Crippen LogP contribution in [-0.4, -0.2) is 33.8 Å². The molecule has 160 valence electrons. The smallest absolute Gasteiger partial charge is 0.209 e. The van der Waals surface area contributed by atoms with Gasteiger partial charge in [-0.2, -0.15) is 5.26 Å². The van der Waals surface area contributed by atoms with Gasteiger partial charge >= 0.3 is 0 Å². The van der Waals surface area contributed by atoms with Gasteiger partial charge in [-0.15, -0.1) is 0 Å². The number of amides is 1. The number of carbonyl (C=O) groups is 1. The van der Waals surface area contributed by atoms with Crippen LogP contribution >= 0.6 is 0 Å². The number of nitrogen functional groups attached to an aromatic ring is 2. The highest BCUT2D eigenvalue weighted by Gasteiger charge is 2.21. The van der Waals surface area contributed by atoms with Crippen LogP contribution in [0.3, 0.4) is 0 Å². The van der Waals surface area contributed by atoms with Crippen LogP contribution in [-0.2, 0) is 14.6 Å². The van der Waals surface area contributed by atoms with Gasteiger partial charge in [0.2, 0.25) is 16.2 Å². The number of ether oxygens (including phenoxy) is 1. The largest absolute Gasteiger partial charge is 0.454 e. The third-order valence-electron chi connectivity index (χ3n) is 3.95. The molecule has 8 nitrogen and oxygen atoms in total. The second-order valence-electron chi connectivity index (χ2n) is 6.52. The first-order valence-corrected chi connectivity index (χ1v) is 10.5. The van der Waals surface area contributed by atoms with E-state index in [-0.39, 0.29) is 32.7 Å². The molecule has 3 aromatic carbocycles.